The molecule has 3 aromatic heterocycles. The van der Waals surface area contributed by atoms with Crippen molar-refractivity contribution in [2.75, 3.05) is 0 Å². The van der Waals surface area contributed by atoms with E-state index in [9.17, 15) is 0 Å². The molecule has 0 aliphatic heterocycles. The van der Waals surface area contributed by atoms with Crippen LogP contribution in [0.5, 0.6) is 0 Å². The number of benzene rings is 2. The Kier molecular flexibility index (Phi) is 5.86. The molecule has 0 unspecified atom stereocenters. The van der Waals surface area contributed by atoms with Crippen LogP contribution in [0.15, 0.2) is 85.5 Å². The molecular weight excluding hydrogens is 426 g/mol. The van der Waals surface area contributed by atoms with Gasteiger partial charge in [0.1, 0.15) is 14.1 Å². The van der Waals surface area contributed by atoms with Gasteiger partial charge in [0.25, 0.3) is 0 Å². The fourth-order valence-corrected chi connectivity index (χ4v) is 4.73. The molecule has 0 aliphatic carbocycles. The van der Waals surface area contributed by atoms with Crippen molar-refractivity contribution in [3.05, 3.63) is 108 Å². The van der Waals surface area contributed by atoms with Gasteiger partial charge in [0.05, 0.1) is 0 Å². The Bertz CT molecular complexity index is 1490. The number of fused-ring (bicyclic) bond motifs is 3. The summed E-state index contributed by atoms with van der Waals surface area (Å²) in [5.41, 5.74) is 12.6. The Hall–Kier alpha value is -3.98. The second-order valence-electron chi connectivity index (χ2n) is 9.65. The first-order chi connectivity index (χ1) is 16.8. The normalized spacial score (nSPS) is 13.2. The van der Waals surface area contributed by atoms with E-state index < -0.39 is 0 Å². The molecule has 35 heavy (non-hydrogen) atoms. The molecule has 0 radical (unpaired) electrons. The maximum atomic E-state index is 3.61. The standard InChI is InChI=1S/C32H32N3/c1-21(25-11-15-34(5)16-12-25)23(3)27-7-9-31-29(19-27)30-20-28(8-10-32(30)33-31)24(4)22(2)26-13-17-35(6)18-14-26/h7-20H,1-6H3/q+1/p+1. The van der Waals surface area contributed by atoms with E-state index in [1.807, 2.05) is 14.1 Å². The number of aromatic amines is 1. The maximum Gasteiger partial charge on any atom is 0.169 e. The zero-order chi connectivity index (χ0) is 24.7. The summed E-state index contributed by atoms with van der Waals surface area (Å²) in [6.07, 6.45) is 8.40. The lowest BCUT2D eigenvalue weighted by Crippen LogP contribution is -2.25. The number of H-pyrrole nitrogens is 1. The minimum absolute atomic E-state index is 1.17. The first-order valence-electron chi connectivity index (χ1n) is 12.1. The van der Waals surface area contributed by atoms with E-state index in [1.54, 1.807) is 0 Å². The average molecular weight is 460 g/mol. The number of rotatable bonds is 4. The summed E-state index contributed by atoms with van der Waals surface area (Å²) in [6, 6.07) is 22.3. The van der Waals surface area contributed by atoms with Crippen LogP contribution in [0.1, 0.15) is 49.9 Å². The van der Waals surface area contributed by atoms with Gasteiger partial charge in [-0.05, 0) is 96.5 Å². The topological polar surface area (TPSA) is 23.5 Å². The zero-order valence-corrected chi connectivity index (χ0v) is 21.5. The third-order valence-corrected chi connectivity index (χ3v) is 7.41. The molecule has 0 aliphatic rings. The van der Waals surface area contributed by atoms with Crippen LogP contribution in [0.4, 0.5) is 0 Å². The summed E-state index contributed by atoms with van der Waals surface area (Å²) in [7, 11) is 4.10. The van der Waals surface area contributed by atoms with Crippen LogP contribution >= 0.6 is 0 Å². The van der Waals surface area contributed by atoms with Crippen LogP contribution in [0, 0.1) is 0 Å². The first kappa shape index (κ1) is 22.8. The lowest BCUT2D eigenvalue weighted by atomic mass is 9.95. The van der Waals surface area contributed by atoms with Crippen LogP contribution in [0.3, 0.4) is 0 Å². The smallest absolute Gasteiger partial charge is 0.169 e. The summed E-state index contributed by atoms with van der Waals surface area (Å²) >= 11 is 0. The predicted octanol–water partition coefficient (Wildman–Crippen LogP) is 6.87. The Labute approximate surface area is 207 Å². The molecule has 0 saturated carbocycles. The molecular formula is C32H33N3+2. The van der Waals surface area contributed by atoms with E-state index in [2.05, 4.69) is 127 Å². The average Bonchev–Trinajstić information content (AvgIpc) is 3.25. The van der Waals surface area contributed by atoms with Crippen molar-refractivity contribution in [2.45, 2.75) is 27.7 Å². The van der Waals surface area contributed by atoms with Crippen molar-refractivity contribution in [3.8, 4) is 0 Å². The number of pyridine rings is 2. The molecule has 0 fully saturated rings. The van der Waals surface area contributed by atoms with Gasteiger partial charge < -0.3 is 4.98 Å². The predicted molar refractivity (Wildman–Crippen MR) is 147 cm³/mol. The highest BCUT2D eigenvalue weighted by molar-refractivity contribution is 6.10. The molecule has 5 aromatic rings. The molecule has 3 heteroatoms. The maximum absolute atomic E-state index is 3.61. The minimum Gasteiger partial charge on any atom is -0.355 e. The van der Waals surface area contributed by atoms with Gasteiger partial charge in [0.15, 0.2) is 24.8 Å². The summed E-state index contributed by atoms with van der Waals surface area (Å²) in [5.74, 6) is 0. The van der Waals surface area contributed by atoms with Gasteiger partial charge in [0.2, 0.25) is 0 Å². The van der Waals surface area contributed by atoms with E-state index in [0.717, 1.165) is 0 Å². The number of nitrogens with one attached hydrogen (secondary N) is 1. The molecule has 5 rings (SSSR count). The van der Waals surface area contributed by atoms with Crippen LogP contribution in [-0.2, 0) is 14.1 Å². The first-order valence-corrected chi connectivity index (χ1v) is 12.1. The number of aromatic nitrogens is 3. The van der Waals surface area contributed by atoms with E-state index in [4.69, 9.17) is 0 Å². The van der Waals surface area contributed by atoms with E-state index >= 15 is 0 Å². The van der Waals surface area contributed by atoms with Gasteiger partial charge in [-0.25, -0.2) is 9.13 Å². The zero-order valence-electron chi connectivity index (χ0n) is 21.5. The van der Waals surface area contributed by atoms with Crippen molar-refractivity contribution in [1.82, 2.24) is 4.98 Å². The van der Waals surface area contributed by atoms with Crippen molar-refractivity contribution < 1.29 is 9.13 Å². The quantitative estimate of drug-likeness (QED) is 0.284. The minimum atomic E-state index is 1.17. The molecule has 0 spiro atoms. The van der Waals surface area contributed by atoms with Crippen molar-refractivity contribution in [1.29, 1.82) is 0 Å². The molecule has 1 N–H and O–H groups in total. The fraction of sp³-hybridized carbons (Fsp3) is 0.188. The Morgan fingerprint density at radius 3 is 1.20 bits per heavy atom. The van der Waals surface area contributed by atoms with E-state index in [-0.39, 0.29) is 0 Å². The Balaban J connectivity index is 1.60. The van der Waals surface area contributed by atoms with Crippen LogP contribution < -0.4 is 9.13 Å². The van der Waals surface area contributed by atoms with Crippen molar-refractivity contribution in [2.24, 2.45) is 14.1 Å². The lowest BCUT2D eigenvalue weighted by Gasteiger charge is -2.10. The van der Waals surface area contributed by atoms with E-state index in [1.165, 1.54) is 66.4 Å². The van der Waals surface area contributed by atoms with Gasteiger partial charge in [0, 0.05) is 46.1 Å². The van der Waals surface area contributed by atoms with Crippen LogP contribution in [0.2, 0.25) is 0 Å². The third-order valence-electron chi connectivity index (χ3n) is 7.41. The number of allylic oxidation sites excluding steroid dienone is 4. The summed E-state index contributed by atoms with van der Waals surface area (Å²) < 4.78 is 4.13. The summed E-state index contributed by atoms with van der Waals surface area (Å²) in [6.45, 7) is 8.87. The van der Waals surface area contributed by atoms with Gasteiger partial charge in [-0.15, -0.1) is 0 Å². The molecule has 0 saturated heterocycles. The van der Waals surface area contributed by atoms with Crippen molar-refractivity contribution in [3.63, 3.8) is 0 Å². The van der Waals surface area contributed by atoms with Crippen LogP contribution in [-0.4, -0.2) is 4.98 Å². The fourth-order valence-electron chi connectivity index (χ4n) is 4.73. The highest BCUT2D eigenvalue weighted by Gasteiger charge is 2.11. The lowest BCUT2D eigenvalue weighted by molar-refractivity contribution is -0.671. The summed E-state index contributed by atoms with van der Waals surface area (Å²) in [5, 5.41) is 2.53. The molecule has 3 nitrogen and oxygen atoms in total. The number of aryl methyl sites for hydroxylation is 2. The second kappa shape index (κ2) is 8.99. The second-order valence-corrected chi connectivity index (χ2v) is 9.65. The van der Waals surface area contributed by atoms with Gasteiger partial charge >= 0.3 is 0 Å². The molecule has 3 heterocycles. The highest BCUT2D eigenvalue weighted by Crippen LogP contribution is 2.34. The highest BCUT2D eigenvalue weighted by atomic mass is 14.9. The van der Waals surface area contributed by atoms with Crippen LogP contribution in [0.25, 0.3) is 44.1 Å². The van der Waals surface area contributed by atoms with Gasteiger partial charge in [-0.1, -0.05) is 12.1 Å². The largest absolute Gasteiger partial charge is 0.355 e. The SMILES string of the molecule is C/C(=C(/C)c1ccc2[nH]c3ccc(/C(C)=C(\C)c4cc[n+](C)cc4)cc3c2c1)c1cc[n+](C)cc1. The third kappa shape index (κ3) is 4.30. The Morgan fingerprint density at radius 2 is 0.829 bits per heavy atom. The van der Waals surface area contributed by atoms with E-state index in [0.29, 0.717) is 0 Å². The molecule has 0 atom stereocenters. The molecule has 0 bridgehead atoms. The van der Waals surface area contributed by atoms with Gasteiger partial charge in [-0.2, -0.15) is 0 Å². The monoisotopic (exact) mass is 459 g/mol. The molecule has 2 aromatic carbocycles. The number of hydrogen-bond donors (Lipinski definition) is 1. The molecule has 0 amide bonds. The van der Waals surface area contributed by atoms with Gasteiger partial charge in [-0.3, -0.25) is 0 Å². The number of nitrogens with zero attached hydrogens (tertiary/aromatic N) is 2. The van der Waals surface area contributed by atoms with Crippen molar-refractivity contribution >= 4 is 44.1 Å². The summed E-state index contributed by atoms with van der Waals surface area (Å²) in [4.78, 5) is 3.61. The Morgan fingerprint density at radius 1 is 0.486 bits per heavy atom. The number of hydrogen-bond acceptors (Lipinski definition) is 0. The molecule has 174 valence electrons.